The predicted octanol–water partition coefficient (Wildman–Crippen LogP) is 0.835. The summed E-state index contributed by atoms with van der Waals surface area (Å²) in [5.41, 5.74) is 5.91. The van der Waals surface area contributed by atoms with Gasteiger partial charge in [-0.3, -0.25) is 0 Å². The van der Waals surface area contributed by atoms with E-state index in [0.717, 1.165) is 24.6 Å². The highest BCUT2D eigenvalue weighted by Gasteiger charge is 2.28. The minimum atomic E-state index is -1.08. The summed E-state index contributed by atoms with van der Waals surface area (Å²) in [6, 6.07) is 1.70. The number of pyridine rings is 1. The third kappa shape index (κ3) is 2.36. The first-order valence-corrected chi connectivity index (χ1v) is 6.41. The van der Waals surface area contributed by atoms with E-state index in [0.29, 0.717) is 21.9 Å². The van der Waals surface area contributed by atoms with Crippen LogP contribution in [0.25, 0.3) is 0 Å². The molecule has 0 saturated heterocycles. The Morgan fingerprint density at radius 1 is 1.53 bits per heavy atom. The molecule has 0 aromatic carbocycles. The fourth-order valence-electron chi connectivity index (χ4n) is 1.59. The van der Waals surface area contributed by atoms with Crippen molar-refractivity contribution >= 4 is 23.4 Å². The van der Waals surface area contributed by atoms with Crippen LogP contribution >= 0.6 is 11.8 Å². The van der Waals surface area contributed by atoms with Gasteiger partial charge in [0.15, 0.2) is 0 Å². The van der Waals surface area contributed by atoms with Gasteiger partial charge in [-0.05, 0) is 41.1 Å². The van der Waals surface area contributed by atoms with E-state index in [4.69, 9.17) is 10.8 Å². The number of nitrogens with two attached hydrogens (primary N) is 1. The van der Waals surface area contributed by atoms with Crippen LogP contribution in [0.15, 0.2) is 22.4 Å². The largest absolute Gasteiger partial charge is 0.478 e. The normalized spacial score (nSPS) is 14.5. The van der Waals surface area contributed by atoms with Crippen LogP contribution in [0.3, 0.4) is 0 Å². The zero-order chi connectivity index (χ0) is 13.4. The molecule has 0 amide bonds. The number of carboxylic acid groups (broad SMARTS) is 1. The molecule has 3 rings (SSSR count). The Morgan fingerprint density at radius 2 is 2.32 bits per heavy atom. The van der Waals surface area contributed by atoms with Gasteiger partial charge in [-0.2, -0.15) is 0 Å². The molecule has 2 heterocycles. The number of carbonyl (C=O) groups is 1. The minimum absolute atomic E-state index is 0.0512. The van der Waals surface area contributed by atoms with Crippen molar-refractivity contribution in [2.24, 2.45) is 0 Å². The molecule has 2 aromatic heterocycles. The van der Waals surface area contributed by atoms with Gasteiger partial charge in [0.2, 0.25) is 5.16 Å². The monoisotopic (exact) mass is 278 g/mol. The highest BCUT2D eigenvalue weighted by atomic mass is 32.2. The maximum atomic E-state index is 11.2. The molecule has 0 spiro atoms. The van der Waals surface area contributed by atoms with E-state index in [1.54, 1.807) is 4.68 Å². The number of aromatic carboxylic acids is 1. The summed E-state index contributed by atoms with van der Waals surface area (Å²) in [5.74, 6) is -1.08. The van der Waals surface area contributed by atoms with Gasteiger partial charge in [-0.15, -0.1) is 5.10 Å². The molecular formula is C10H10N6O2S. The fraction of sp³-hybridized carbons (Fsp3) is 0.300. The first-order valence-electron chi connectivity index (χ1n) is 5.59. The number of nitrogen functional groups attached to an aromatic ring is 1. The summed E-state index contributed by atoms with van der Waals surface area (Å²) in [4.78, 5) is 15.2. The first-order chi connectivity index (χ1) is 9.15. The second kappa shape index (κ2) is 4.50. The lowest BCUT2D eigenvalue weighted by Crippen LogP contribution is -2.04. The van der Waals surface area contributed by atoms with Gasteiger partial charge in [-0.25, -0.2) is 14.5 Å². The van der Waals surface area contributed by atoms with Crippen molar-refractivity contribution in [3.05, 3.63) is 17.8 Å². The maximum absolute atomic E-state index is 11.2. The molecule has 0 atom stereocenters. The summed E-state index contributed by atoms with van der Waals surface area (Å²) in [6.45, 7) is 0. The number of nitrogens with zero attached hydrogens (tertiary/aromatic N) is 5. The van der Waals surface area contributed by atoms with Gasteiger partial charge >= 0.3 is 5.97 Å². The van der Waals surface area contributed by atoms with E-state index in [1.807, 2.05) is 0 Å². The van der Waals surface area contributed by atoms with Crippen LogP contribution in [0.5, 0.6) is 0 Å². The number of hydrogen-bond acceptors (Lipinski definition) is 7. The fourth-order valence-corrected chi connectivity index (χ4v) is 2.48. The lowest BCUT2D eigenvalue weighted by atomic mass is 10.3. The van der Waals surface area contributed by atoms with Crippen LogP contribution in [0.4, 0.5) is 5.69 Å². The first kappa shape index (κ1) is 11.9. The molecular weight excluding hydrogens is 268 g/mol. The zero-order valence-corrected chi connectivity index (χ0v) is 10.5. The smallest absolute Gasteiger partial charge is 0.338 e. The molecule has 19 heavy (non-hydrogen) atoms. The Balaban J connectivity index is 1.94. The quantitative estimate of drug-likeness (QED) is 0.843. The maximum Gasteiger partial charge on any atom is 0.338 e. The Hall–Kier alpha value is -2.16. The number of aromatic nitrogens is 5. The SMILES string of the molecule is Nc1cnc(Sc2nnnn2C2CC2)c(C(=O)O)c1. The van der Waals surface area contributed by atoms with Crippen molar-refractivity contribution < 1.29 is 9.90 Å². The predicted molar refractivity (Wildman–Crippen MR) is 65.8 cm³/mol. The summed E-state index contributed by atoms with van der Waals surface area (Å²) >= 11 is 1.13. The highest BCUT2D eigenvalue weighted by molar-refractivity contribution is 7.99. The third-order valence-corrected chi connectivity index (χ3v) is 3.62. The van der Waals surface area contributed by atoms with E-state index in [-0.39, 0.29) is 5.56 Å². The van der Waals surface area contributed by atoms with Crippen molar-refractivity contribution in [3.63, 3.8) is 0 Å². The second-order valence-corrected chi connectivity index (χ2v) is 5.12. The van der Waals surface area contributed by atoms with E-state index >= 15 is 0 Å². The molecule has 8 nitrogen and oxygen atoms in total. The Labute approximate surface area is 112 Å². The van der Waals surface area contributed by atoms with Crippen molar-refractivity contribution in [1.29, 1.82) is 0 Å². The lowest BCUT2D eigenvalue weighted by molar-refractivity contribution is 0.0692. The van der Waals surface area contributed by atoms with Crippen molar-refractivity contribution in [3.8, 4) is 0 Å². The molecule has 1 aliphatic rings. The van der Waals surface area contributed by atoms with Gasteiger partial charge in [0.1, 0.15) is 5.03 Å². The van der Waals surface area contributed by atoms with Crippen LogP contribution < -0.4 is 5.73 Å². The van der Waals surface area contributed by atoms with Crippen LogP contribution in [0, 0.1) is 0 Å². The topological polar surface area (TPSA) is 120 Å². The standard InChI is InChI=1S/C10H10N6O2S/c11-5-3-7(9(17)18)8(12-4-5)19-10-13-14-15-16(10)6-1-2-6/h3-4,6H,1-2,11H2,(H,17,18). The van der Waals surface area contributed by atoms with Crippen LogP contribution in [-0.2, 0) is 0 Å². The van der Waals surface area contributed by atoms with E-state index in [2.05, 4.69) is 20.5 Å². The summed E-state index contributed by atoms with van der Waals surface area (Å²) in [7, 11) is 0. The molecule has 3 N–H and O–H groups in total. The van der Waals surface area contributed by atoms with Crippen molar-refractivity contribution in [2.75, 3.05) is 5.73 Å². The number of rotatable bonds is 4. The van der Waals surface area contributed by atoms with Gasteiger partial charge in [0.05, 0.1) is 23.5 Å². The van der Waals surface area contributed by atoms with E-state index < -0.39 is 5.97 Å². The molecule has 0 radical (unpaired) electrons. The van der Waals surface area contributed by atoms with Crippen LogP contribution in [-0.4, -0.2) is 36.3 Å². The van der Waals surface area contributed by atoms with Gasteiger partial charge in [0.25, 0.3) is 0 Å². The van der Waals surface area contributed by atoms with Crippen LogP contribution in [0.1, 0.15) is 29.2 Å². The van der Waals surface area contributed by atoms with Crippen molar-refractivity contribution in [1.82, 2.24) is 25.2 Å². The second-order valence-electron chi connectivity index (χ2n) is 4.17. The molecule has 1 fully saturated rings. The Kier molecular flexibility index (Phi) is 2.82. The molecule has 1 aliphatic carbocycles. The number of carboxylic acids is 1. The van der Waals surface area contributed by atoms with Gasteiger partial charge in [-0.1, -0.05) is 0 Å². The third-order valence-electron chi connectivity index (χ3n) is 2.65. The molecule has 0 unspecified atom stereocenters. The average molecular weight is 278 g/mol. The van der Waals surface area contributed by atoms with E-state index in [1.165, 1.54) is 12.3 Å². The number of hydrogen-bond donors (Lipinski definition) is 2. The summed E-state index contributed by atoms with van der Waals surface area (Å²) in [6.07, 6.45) is 3.50. The molecule has 1 saturated carbocycles. The van der Waals surface area contributed by atoms with E-state index in [9.17, 15) is 4.79 Å². The Morgan fingerprint density at radius 3 is 3.00 bits per heavy atom. The van der Waals surface area contributed by atoms with Gasteiger partial charge < -0.3 is 10.8 Å². The van der Waals surface area contributed by atoms with Crippen LogP contribution in [0.2, 0.25) is 0 Å². The molecule has 2 aromatic rings. The van der Waals surface area contributed by atoms with Crippen molar-refractivity contribution in [2.45, 2.75) is 29.1 Å². The summed E-state index contributed by atoms with van der Waals surface area (Å²) < 4.78 is 1.70. The average Bonchev–Trinajstić information content (AvgIpc) is 3.12. The lowest BCUT2D eigenvalue weighted by Gasteiger charge is -2.05. The van der Waals surface area contributed by atoms with Gasteiger partial charge in [0, 0.05) is 0 Å². The number of anilines is 1. The number of tetrazole rings is 1. The molecule has 0 bridgehead atoms. The Bertz CT molecular complexity index is 639. The molecule has 9 heteroatoms. The highest BCUT2D eigenvalue weighted by Crippen LogP contribution is 2.38. The summed E-state index contributed by atoms with van der Waals surface area (Å²) in [5, 5.41) is 21.4. The zero-order valence-electron chi connectivity index (χ0n) is 9.72. The molecule has 0 aliphatic heterocycles. The molecule has 98 valence electrons. The minimum Gasteiger partial charge on any atom is -0.478 e.